The Balaban J connectivity index is 3.71. The molecule has 0 heterocycles. The summed E-state index contributed by atoms with van der Waals surface area (Å²) in [5.41, 5.74) is 7.34. The minimum absolute atomic E-state index is 0.237. The topological polar surface area (TPSA) is 139 Å². The molecule has 0 spiro atoms. The van der Waals surface area contributed by atoms with Gasteiger partial charge in [0.25, 0.3) is 0 Å². The number of nitrogens with two attached hydrogens (primary N) is 2. The molecule has 0 saturated heterocycles. The van der Waals surface area contributed by atoms with E-state index in [2.05, 4.69) is 5.43 Å². The van der Waals surface area contributed by atoms with Crippen LogP contribution in [0.15, 0.2) is 0 Å². The minimum Gasteiger partial charge on any atom is -0.480 e. The molecular weight excluding hydrogens is 190 g/mol. The molecule has 0 aromatic rings. The Bertz CT molecular complexity index is 209. The maximum absolute atomic E-state index is 10.5. The average molecular weight is 205 g/mol. The molecule has 7 N–H and O–H groups in total. The van der Waals surface area contributed by atoms with Gasteiger partial charge in [-0.05, 0) is 19.3 Å². The number of rotatable bonds is 7. The van der Waals surface area contributed by atoms with E-state index in [-0.39, 0.29) is 12.8 Å². The maximum atomic E-state index is 10.5. The fourth-order valence-corrected chi connectivity index (χ4v) is 0.943. The van der Waals surface area contributed by atoms with Gasteiger partial charge in [-0.2, -0.15) is 0 Å². The van der Waals surface area contributed by atoms with Crippen molar-refractivity contribution >= 4 is 11.9 Å². The standard InChI is InChI=1S/C7H15N3O4/c8-4(6(11)12)2-1-3-5(10-9)7(13)14/h4-5,10H,1-3,8-9H2,(H,11,12)(H,13,14). The Morgan fingerprint density at radius 3 is 2.14 bits per heavy atom. The van der Waals surface area contributed by atoms with Gasteiger partial charge in [0, 0.05) is 0 Å². The average Bonchev–Trinajstić information content (AvgIpc) is 2.11. The van der Waals surface area contributed by atoms with Crippen LogP contribution in [0.3, 0.4) is 0 Å². The number of carboxylic acids is 2. The Morgan fingerprint density at radius 2 is 1.79 bits per heavy atom. The van der Waals surface area contributed by atoms with Gasteiger partial charge < -0.3 is 15.9 Å². The zero-order chi connectivity index (χ0) is 11.1. The van der Waals surface area contributed by atoms with Crippen molar-refractivity contribution in [1.29, 1.82) is 0 Å². The molecule has 0 aliphatic carbocycles. The first-order valence-corrected chi connectivity index (χ1v) is 4.16. The molecule has 7 heteroatoms. The molecule has 0 amide bonds. The van der Waals surface area contributed by atoms with Crippen molar-refractivity contribution in [3.63, 3.8) is 0 Å². The second-order valence-electron chi connectivity index (χ2n) is 2.93. The van der Waals surface area contributed by atoms with Gasteiger partial charge in [0.05, 0.1) is 0 Å². The van der Waals surface area contributed by atoms with Crippen LogP contribution in [0.2, 0.25) is 0 Å². The zero-order valence-corrected chi connectivity index (χ0v) is 7.64. The second-order valence-corrected chi connectivity index (χ2v) is 2.93. The third-order valence-corrected chi connectivity index (χ3v) is 1.82. The van der Waals surface area contributed by atoms with Crippen molar-refractivity contribution < 1.29 is 19.8 Å². The molecule has 0 saturated carbocycles. The number of hydrazine groups is 1. The number of carbonyl (C=O) groups is 2. The van der Waals surface area contributed by atoms with E-state index in [1.54, 1.807) is 0 Å². The van der Waals surface area contributed by atoms with Gasteiger partial charge in [-0.1, -0.05) is 0 Å². The van der Waals surface area contributed by atoms with Gasteiger partial charge in [0.2, 0.25) is 0 Å². The molecule has 0 aromatic heterocycles. The van der Waals surface area contributed by atoms with E-state index in [9.17, 15) is 9.59 Å². The molecule has 0 aliphatic heterocycles. The molecular formula is C7H15N3O4. The predicted molar refractivity (Wildman–Crippen MR) is 48.2 cm³/mol. The third-order valence-electron chi connectivity index (χ3n) is 1.82. The first-order chi connectivity index (χ1) is 6.49. The van der Waals surface area contributed by atoms with Gasteiger partial charge in [0.1, 0.15) is 12.1 Å². The summed E-state index contributed by atoms with van der Waals surface area (Å²) in [6.45, 7) is 0. The van der Waals surface area contributed by atoms with E-state index in [0.29, 0.717) is 6.42 Å². The van der Waals surface area contributed by atoms with Gasteiger partial charge in [-0.15, -0.1) is 0 Å². The molecule has 0 bridgehead atoms. The Kier molecular flexibility index (Phi) is 5.77. The summed E-state index contributed by atoms with van der Waals surface area (Å²) in [6.07, 6.45) is 0.891. The minimum atomic E-state index is -1.09. The molecule has 7 nitrogen and oxygen atoms in total. The van der Waals surface area contributed by atoms with Crippen molar-refractivity contribution in [3.8, 4) is 0 Å². The van der Waals surface area contributed by atoms with Crippen LogP contribution in [-0.2, 0) is 9.59 Å². The molecule has 0 fully saturated rings. The van der Waals surface area contributed by atoms with Crippen LogP contribution < -0.4 is 17.0 Å². The summed E-state index contributed by atoms with van der Waals surface area (Å²) in [5, 5.41) is 17.0. The Morgan fingerprint density at radius 1 is 1.21 bits per heavy atom. The lowest BCUT2D eigenvalue weighted by atomic mass is 10.1. The van der Waals surface area contributed by atoms with Crippen molar-refractivity contribution in [3.05, 3.63) is 0 Å². The lowest BCUT2D eigenvalue weighted by Crippen LogP contribution is -2.41. The van der Waals surface area contributed by atoms with E-state index in [1.165, 1.54) is 0 Å². The summed E-state index contributed by atoms with van der Waals surface area (Å²) in [5.74, 6) is 2.83. The molecule has 0 aliphatic rings. The maximum Gasteiger partial charge on any atom is 0.322 e. The highest BCUT2D eigenvalue weighted by molar-refractivity contribution is 5.73. The van der Waals surface area contributed by atoms with Crippen LogP contribution in [0.25, 0.3) is 0 Å². The Labute approximate surface area is 81.0 Å². The predicted octanol–water partition coefficient (Wildman–Crippen LogP) is -1.51. The summed E-state index contributed by atoms with van der Waals surface area (Å²) in [6, 6.07) is -1.79. The molecule has 82 valence electrons. The lowest BCUT2D eigenvalue weighted by Gasteiger charge is -2.11. The van der Waals surface area contributed by atoms with Crippen molar-refractivity contribution in [2.75, 3.05) is 0 Å². The normalized spacial score (nSPS) is 14.7. The number of hydrogen-bond acceptors (Lipinski definition) is 5. The van der Waals surface area contributed by atoms with Gasteiger partial charge >= 0.3 is 11.9 Å². The van der Waals surface area contributed by atoms with Crippen LogP contribution in [0, 0.1) is 0 Å². The summed E-state index contributed by atoms with van der Waals surface area (Å²) in [7, 11) is 0. The fourth-order valence-electron chi connectivity index (χ4n) is 0.943. The molecule has 0 rings (SSSR count). The monoisotopic (exact) mass is 205 g/mol. The summed E-state index contributed by atoms with van der Waals surface area (Å²) >= 11 is 0. The molecule has 0 radical (unpaired) electrons. The highest BCUT2D eigenvalue weighted by atomic mass is 16.4. The van der Waals surface area contributed by atoms with Crippen molar-refractivity contribution in [2.24, 2.45) is 11.6 Å². The Hall–Kier alpha value is -1.18. The zero-order valence-electron chi connectivity index (χ0n) is 7.64. The van der Waals surface area contributed by atoms with Gasteiger partial charge in [-0.3, -0.25) is 15.4 Å². The fraction of sp³-hybridized carbons (Fsp3) is 0.714. The largest absolute Gasteiger partial charge is 0.480 e. The van der Waals surface area contributed by atoms with Gasteiger partial charge in [-0.25, -0.2) is 5.43 Å². The highest BCUT2D eigenvalue weighted by Gasteiger charge is 2.17. The van der Waals surface area contributed by atoms with E-state index in [0.717, 1.165) is 0 Å². The molecule has 0 aromatic carbocycles. The number of carboxylic acid groups (broad SMARTS) is 2. The first-order valence-electron chi connectivity index (χ1n) is 4.16. The second kappa shape index (κ2) is 6.30. The van der Waals surface area contributed by atoms with Crippen LogP contribution in [-0.4, -0.2) is 34.2 Å². The van der Waals surface area contributed by atoms with E-state index < -0.39 is 24.0 Å². The van der Waals surface area contributed by atoms with Crippen LogP contribution in [0.4, 0.5) is 0 Å². The van der Waals surface area contributed by atoms with Crippen molar-refractivity contribution in [2.45, 2.75) is 31.3 Å². The summed E-state index contributed by atoms with van der Waals surface area (Å²) < 4.78 is 0. The first kappa shape index (κ1) is 12.8. The molecule has 2 unspecified atom stereocenters. The highest BCUT2D eigenvalue weighted by Crippen LogP contribution is 2.03. The van der Waals surface area contributed by atoms with E-state index in [1.807, 2.05) is 0 Å². The molecule has 2 atom stereocenters. The van der Waals surface area contributed by atoms with Crippen molar-refractivity contribution in [1.82, 2.24) is 5.43 Å². The number of aliphatic carboxylic acids is 2. The molecule has 14 heavy (non-hydrogen) atoms. The van der Waals surface area contributed by atoms with E-state index in [4.69, 9.17) is 21.8 Å². The van der Waals surface area contributed by atoms with E-state index >= 15 is 0 Å². The van der Waals surface area contributed by atoms with Crippen LogP contribution in [0.5, 0.6) is 0 Å². The quantitative estimate of drug-likeness (QED) is 0.251. The SMILES string of the molecule is NNC(CCCC(N)C(=O)O)C(=O)O. The smallest absolute Gasteiger partial charge is 0.322 e. The van der Waals surface area contributed by atoms with Crippen LogP contribution in [0.1, 0.15) is 19.3 Å². The number of nitrogens with one attached hydrogen (secondary N) is 1. The van der Waals surface area contributed by atoms with Crippen LogP contribution >= 0.6 is 0 Å². The third kappa shape index (κ3) is 4.75. The lowest BCUT2D eigenvalue weighted by molar-refractivity contribution is -0.139. The van der Waals surface area contributed by atoms with Gasteiger partial charge in [0.15, 0.2) is 0 Å². The summed E-state index contributed by atoms with van der Waals surface area (Å²) in [4.78, 5) is 20.7. The number of hydrogen-bond donors (Lipinski definition) is 5.